The van der Waals surface area contributed by atoms with E-state index in [-0.39, 0.29) is 21.5 Å². The third-order valence-electron chi connectivity index (χ3n) is 2.62. The molecule has 0 bridgehead atoms. The highest BCUT2D eigenvalue weighted by molar-refractivity contribution is 7.90. The molecule has 2 rings (SSSR count). The molecule has 0 fully saturated rings. The molecule has 0 aliphatic carbocycles. The molecular weight excluding hydrogens is 298 g/mol. The van der Waals surface area contributed by atoms with Crippen molar-refractivity contribution in [2.75, 3.05) is 5.73 Å². The van der Waals surface area contributed by atoms with E-state index in [2.05, 4.69) is 4.98 Å². The minimum Gasteiger partial charge on any atom is -0.396 e. The monoisotopic (exact) mass is 307 g/mol. The van der Waals surface area contributed by atoms with Gasteiger partial charge in [0.2, 0.25) is 9.84 Å². The number of aromatic nitrogens is 1. The van der Waals surface area contributed by atoms with Crippen molar-refractivity contribution in [3.05, 3.63) is 52.7 Å². The summed E-state index contributed by atoms with van der Waals surface area (Å²) in [5.74, 6) is -0.321. The first-order chi connectivity index (χ1) is 9.44. The molecule has 0 spiro atoms. The van der Waals surface area contributed by atoms with E-state index in [1.165, 1.54) is 30.5 Å². The number of nitriles is 1. The molecule has 0 unspecified atom stereocenters. The highest BCUT2D eigenvalue weighted by atomic mass is 35.5. The van der Waals surface area contributed by atoms with Crippen molar-refractivity contribution >= 4 is 27.1 Å². The Labute approximate surface area is 121 Å². The Balaban J connectivity index is 2.40. The van der Waals surface area contributed by atoms with E-state index in [0.717, 1.165) is 0 Å². The average molecular weight is 308 g/mol. The standard InChI is InChI=1S/C13H10ClN3O2S/c14-11-6-9(7-15)3-4-10(11)8-20(18,19)13-12(16)2-1-5-17-13/h1-6H,8,16H2. The second-order valence-corrected chi connectivity index (χ2v) is 6.39. The van der Waals surface area contributed by atoms with Crippen LogP contribution in [0.3, 0.4) is 0 Å². The molecule has 2 aromatic rings. The predicted molar refractivity (Wildman–Crippen MR) is 75.7 cm³/mol. The second-order valence-electron chi connectivity index (χ2n) is 4.07. The van der Waals surface area contributed by atoms with E-state index < -0.39 is 9.84 Å². The zero-order chi connectivity index (χ0) is 14.8. The Hall–Kier alpha value is -2.10. The molecule has 0 radical (unpaired) electrons. The first kappa shape index (κ1) is 14.3. The summed E-state index contributed by atoms with van der Waals surface area (Å²) in [6.07, 6.45) is 1.36. The van der Waals surface area contributed by atoms with Gasteiger partial charge in [0.05, 0.1) is 23.1 Å². The Bertz CT molecular complexity index is 798. The molecular formula is C13H10ClN3O2S. The molecule has 0 saturated heterocycles. The van der Waals surface area contributed by atoms with Gasteiger partial charge in [0.25, 0.3) is 0 Å². The summed E-state index contributed by atoms with van der Waals surface area (Å²) < 4.78 is 24.5. The SMILES string of the molecule is N#Cc1ccc(CS(=O)(=O)c2ncccc2N)c(Cl)c1. The van der Waals surface area contributed by atoms with Crippen LogP contribution >= 0.6 is 11.6 Å². The van der Waals surface area contributed by atoms with Gasteiger partial charge in [0.1, 0.15) is 0 Å². The lowest BCUT2D eigenvalue weighted by atomic mass is 10.2. The number of anilines is 1. The van der Waals surface area contributed by atoms with Gasteiger partial charge in [0.15, 0.2) is 5.03 Å². The van der Waals surface area contributed by atoms with Crippen LogP contribution in [0.25, 0.3) is 0 Å². The number of rotatable bonds is 3. The Morgan fingerprint density at radius 3 is 2.70 bits per heavy atom. The van der Waals surface area contributed by atoms with Crippen LogP contribution in [-0.2, 0) is 15.6 Å². The van der Waals surface area contributed by atoms with Crippen molar-refractivity contribution in [2.45, 2.75) is 10.8 Å². The van der Waals surface area contributed by atoms with E-state index in [1.54, 1.807) is 6.07 Å². The summed E-state index contributed by atoms with van der Waals surface area (Å²) in [7, 11) is -3.69. The van der Waals surface area contributed by atoms with E-state index in [1.807, 2.05) is 6.07 Å². The van der Waals surface area contributed by atoms with Crippen molar-refractivity contribution in [1.82, 2.24) is 4.98 Å². The zero-order valence-corrected chi connectivity index (χ0v) is 11.8. The molecule has 20 heavy (non-hydrogen) atoms. The van der Waals surface area contributed by atoms with Gasteiger partial charge in [0, 0.05) is 11.2 Å². The number of halogens is 1. The molecule has 102 valence electrons. The summed E-state index contributed by atoms with van der Waals surface area (Å²) in [5, 5.41) is 8.80. The summed E-state index contributed by atoms with van der Waals surface area (Å²) >= 11 is 5.97. The summed E-state index contributed by atoms with van der Waals surface area (Å²) in [6, 6.07) is 9.41. The molecule has 1 aromatic heterocycles. The second kappa shape index (κ2) is 5.49. The highest BCUT2D eigenvalue weighted by Gasteiger charge is 2.21. The highest BCUT2D eigenvalue weighted by Crippen LogP contribution is 2.24. The lowest BCUT2D eigenvalue weighted by Gasteiger charge is -2.07. The van der Waals surface area contributed by atoms with Crippen LogP contribution in [0, 0.1) is 11.3 Å². The van der Waals surface area contributed by atoms with Crippen molar-refractivity contribution in [3.8, 4) is 6.07 Å². The molecule has 0 aliphatic rings. The maximum Gasteiger partial charge on any atom is 0.201 e. The molecule has 0 amide bonds. The number of hydrogen-bond acceptors (Lipinski definition) is 5. The van der Waals surface area contributed by atoms with Gasteiger partial charge >= 0.3 is 0 Å². The van der Waals surface area contributed by atoms with Crippen LogP contribution in [0.1, 0.15) is 11.1 Å². The maximum atomic E-state index is 12.3. The Kier molecular flexibility index (Phi) is 3.93. The van der Waals surface area contributed by atoms with Gasteiger partial charge < -0.3 is 5.73 Å². The average Bonchev–Trinajstić information content (AvgIpc) is 2.41. The van der Waals surface area contributed by atoms with Crippen molar-refractivity contribution < 1.29 is 8.42 Å². The number of hydrogen-bond donors (Lipinski definition) is 1. The summed E-state index contributed by atoms with van der Waals surface area (Å²) in [5.41, 5.74) is 6.49. The fourth-order valence-corrected chi connectivity index (χ4v) is 3.44. The van der Waals surface area contributed by atoms with Crippen LogP contribution in [0.15, 0.2) is 41.6 Å². The topological polar surface area (TPSA) is 96.8 Å². The third kappa shape index (κ3) is 2.90. The van der Waals surface area contributed by atoms with E-state index >= 15 is 0 Å². The van der Waals surface area contributed by atoms with Gasteiger partial charge in [-0.15, -0.1) is 0 Å². The Morgan fingerprint density at radius 2 is 2.10 bits per heavy atom. The fraction of sp³-hybridized carbons (Fsp3) is 0.0769. The fourth-order valence-electron chi connectivity index (χ4n) is 1.67. The predicted octanol–water partition coefficient (Wildman–Crippen LogP) is 2.16. The summed E-state index contributed by atoms with van der Waals surface area (Å²) in [6.45, 7) is 0. The van der Waals surface area contributed by atoms with Crippen molar-refractivity contribution in [3.63, 3.8) is 0 Å². The normalized spacial score (nSPS) is 11.0. The van der Waals surface area contributed by atoms with Gasteiger partial charge in [-0.3, -0.25) is 0 Å². The maximum absolute atomic E-state index is 12.3. The number of nitrogens with zero attached hydrogens (tertiary/aromatic N) is 2. The number of nitrogen functional groups attached to an aromatic ring is 1. The van der Waals surface area contributed by atoms with E-state index in [0.29, 0.717) is 11.1 Å². The van der Waals surface area contributed by atoms with E-state index in [9.17, 15) is 8.42 Å². The lowest BCUT2D eigenvalue weighted by Crippen LogP contribution is -2.10. The van der Waals surface area contributed by atoms with Crippen LogP contribution in [-0.4, -0.2) is 13.4 Å². The zero-order valence-electron chi connectivity index (χ0n) is 10.2. The van der Waals surface area contributed by atoms with Crippen LogP contribution in [0.2, 0.25) is 5.02 Å². The van der Waals surface area contributed by atoms with Crippen LogP contribution in [0.5, 0.6) is 0 Å². The Morgan fingerprint density at radius 1 is 1.35 bits per heavy atom. The smallest absolute Gasteiger partial charge is 0.201 e. The molecule has 0 saturated carbocycles. The molecule has 5 nitrogen and oxygen atoms in total. The number of benzene rings is 1. The number of sulfone groups is 1. The minimum atomic E-state index is -3.69. The molecule has 0 aliphatic heterocycles. The molecule has 1 heterocycles. The summed E-state index contributed by atoms with van der Waals surface area (Å²) in [4.78, 5) is 3.80. The van der Waals surface area contributed by atoms with Crippen molar-refractivity contribution in [1.29, 1.82) is 5.26 Å². The molecule has 2 N–H and O–H groups in total. The molecule has 0 atom stereocenters. The number of pyridine rings is 1. The molecule has 7 heteroatoms. The van der Waals surface area contributed by atoms with E-state index in [4.69, 9.17) is 22.6 Å². The first-order valence-corrected chi connectivity index (χ1v) is 7.59. The first-order valence-electron chi connectivity index (χ1n) is 5.56. The van der Waals surface area contributed by atoms with Gasteiger partial charge in [-0.1, -0.05) is 17.7 Å². The van der Waals surface area contributed by atoms with Crippen LogP contribution in [0.4, 0.5) is 5.69 Å². The minimum absolute atomic E-state index is 0.0947. The quantitative estimate of drug-likeness (QED) is 0.937. The largest absolute Gasteiger partial charge is 0.396 e. The number of nitrogens with two attached hydrogens (primary N) is 1. The van der Waals surface area contributed by atoms with Crippen LogP contribution < -0.4 is 5.73 Å². The third-order valence-corrected chi connectivity index (χ3v) is 4.60. The lowest BCUT2D eigenvalue weighted by molar-refractivity contribution is 0.592. The van der Waals surface area contributed by atoms with Gasteiger partial charge in [-0.25, -0.2) is 13.4 Å². The van der Waals surface area contributed by atoms with Gasteiger partial charge in [-0.05, 0) is 29.8 Å². The van der Waals surface area contributed by atoms with Crippen molar-refractivity contribution in [2.24, 2.45) is 0 Å². The molecule has 1 aromatic carbocycles. The van der Waals surface area contributed by atoms with Gasteiger partial charge in [-0.2, -0.15) is 5.26 Å².